The van der Waals surface area contributed by atoms with Crippen LogP contribution in [-0.2, 0) is 11.3 Å². The van der Waals surface area contributed by atoms with Gasteiger partial charge < -0.3 is 20.5 Å². The molecular formula is C15H23ClN4O3S. The van der Waals surface area contributed by atoms with Crippen LogP contribution < -0.4 is 15.8 Å². The van der Waals surface area contributed by atoms with Crippen molar-refractivity contribution in [1.29, 1.82) is 0 Å². The third kappa shape index (κ3) is 4.54. The van der Waals surface area contributed by atoms with Crippen molar-refractivity contribution in [1.82, 2.24) is 15.3 Å². The first-order valence-corrected chi connectivity index (χ1v) is 8.25. The van der Waals surface area contributed by atoms with Gasteiger partial charge in [0.25, 0.3) is 5.91 Å². The van der Waals surface area contributed by atoms with E-state index in [-0.39, 0.29) is 18.3 Å². The summed E-state index contributed by atoms with van der Waals surface area (Å²) in [6, 6.07) is 0. The van der Waals surface area contributed by atoms with E-state index in [1.54, 1.807) is 14.2 Å². The number of thiophene rings is 1. The van der Waals surface area contributed by atoms with Gasteiger partial charge in [-0.15, -0.1) is 23.7 Å². The number of nitrogens with two attached hydrogens (primary N) is 1. The van der Waals surface area contributed by atoms with Crippen molar-refractivity contribution in [2.24, 2.45) is 5.73 Å². The van der Waals surface area contributed by atoms with E-state index in [0.29, 0.717) is 36.3 Å². The van der Waals surface area contributed by atoms with Gasteiger partial charge in [-0.05, 0) is 31.9 Å². The Balaban J connectivity index is 0.00000288. The van der Waals surface area contributed by atoms with Gasteiger partial charge in [-0.3, -0.25) is 4.79 Å². The zero-order valence-corrected chi connectivity index (χ0v) is 15.7. The molecule has 2 rings (SSSR count). The number of amides is 1. The number of ether oxygens (including phenoxy) is 2. The quantitative estimate of drug-likeness (QED) is 0.686. The molecule has 2 aromatic rings. The first kappa shape index (κ1) is 20.6. The van der Waals surface area contributed by atoms with Crippen molar-refractivity contribution in [3.8, 4) is 5.88 Å². The largest absolute Gasteiger partial charge is 0.480 e. The number of carbonyl (C=O) groups is 1. The van der Waals surface area contributed by atoms with Crippen molar-refractivity contribution in [2.45, 2.75) is 26.4 Å². The second kappa shape index (κ2) is 9.73. The Morgan fingerprint density at radius 3 is 2.67 bits per heavy atom. The van der Waals surface area contributed by atoms with Crippen molar-refractivity contribution >= 4 is 39.9 Å². The number of fused-ring (bicyclic) bond motifs is 1. The maximum Gasteiger partial charge on any atom is 0.261 e. The number of unbranched alkanes of at least 4 members (excludes halogenated alkanes) is 1. The molecule has 1 amide bonds. The van der Waals surface area contributed by atoms with Gasteiger partial charge in [0.15, 0.2) is 5.82 Å². The van der Waals surface area contributed by atoms with Gasteiger partial charge in [-0.1, -0.05) is 0 Å². The van der Waals surface area contributed by atoms with Crippen LogP contribution in [0.1, 0.15) is 33.9 Å². The molecule has 3 N–H and O–H groups in total. The Bertz CT molecular complexity index is 693. The molecule has 0 aromatic carbocycles. The number of aromatic nitrogens is 2. The number of rotatable bonds is 8. The smallest absolute Gasteiger partial charge is 0.261 e. The molecule has 0 fully saturated rings. The predicted molar refractivity (Wildman–Crippen MR) is 97.3 cm³/mol. The van der Waals surface area contributed by atoms with Crippen LogP contribution in [0.4, 0.5) is 0 Å². The number of methoxy groups -OCH3 is 2. The van der Waals surface area contributed by atoms with Crippen LogP contribution in [-0.4, -0.2) is 43.2 Å². The molecule has 134 valence electrons. The molecule has 0 aliphatic carbocycles. The molecule has 24 heavy (non-hydrogen) atoms. The lowest BCUT2D eigenvalue weighted by molar-refractivity contribution is 0.0956. The van der Waals surface area contributed by atoms with E-state index in [2.05, 4.69) is 15.3 Å². The monoisotopic (exact) mass is 374 g/mol. The summed E-state index contributed by atoms with van der Waals surface area (Å²) in [5.74, 6) is 0.906. The average molecular weight is 375 g/mol. The lowest BCUT2D eigenvalue weighted by atomic mass is 10.2. The summed E-state index contributed by atoms with van der Waals surface area (Å²) >= 11 is 1.34. The van der Waals surface area contributed by atoms with E-state index in [1.807, 2.05) is 6.92 Å². The average Bonchev–Trinajstić information content (AvgIpc) is 2.88. The lowest BCUT2D eigenvalue weighted by Gasteiger charge is -2.05. The minimum atomic E-state index is -0.0992. The van der Waals surface area contributed by atoms with Gasteiger partial charge in [-0.25, -0.2) is 4.98 Å². The van der Waals surface area contributed by atoms with E-state index in [4.69, 9.17) is 15.2 Å². The maximum absolute atomic E-state index is 12.4. The summed E-state index contributed by atoms with van der Waals surface area (Å²) in [5, 5.41) is 3.70. The van der Waals surface area contributed by atoms with Gasteiger partial charge in [0.05, 0.1) is 17.4 Å². The lowest BCUT2D eigenvalue weighted by Crippen LogP contribution is -2.24. The Morgan fingerprint density at radius 1 is 1.29 bits per heavy atom. The molecule has 2 heterocycles. The summed E-state index contributed by atoms with van der Waals surface area (Å²) in [6.45, 7) is 3.42. The van der Waals surface area contributed by atoms with E-state index in [1.165, 1.54) is 11.3 Å². The minimum absolute atomic E-state index is 0. The van der Waals surface area contributed by atoms with Crippen molar-refractivity contribution < 1.29 is 14.3 Å². The molecule has 0 aliphatic heterocycles. The molecule has 0 aliphatic rings. The predicted octanol–water partition coefficient (Wildman–Crippen LogP) is 2.05. The summed E-state index contributed by atoms with van der Waals surface area (Å²) in [7, 11) is 3.14. The molecule has 0 saturated carbocycles. The number of carbonyl (C=O) groups excluding carboxylic acids is 1. The first-order valence-electron chi connectivity index (χ1n) is 7.43. The van der Waals surface area contributed by atoms with Gasteiger partial charge in [0.1, 0.15) is 11.4 Å². The molecule has 0 unspecified atom stereocenters. The fraction of sp³-hybridized carbons (Fsp3) is 0.533. The zero-order chi connectivity index (χ0) is 16.8. The van der Waals surface area contributed by atoms with E-state index >= 15 is 0 Å². The third-order valence-electron chi connectivity index (χ3n) is 3.39. The van der Waals surface area contributed by atoms with E-state index < -0.39 is 0 Å². The van der Waals surface area contributed by atoms with Crippen LogP contribution in [0.15, 0.2) is 0 Å². The second-order valence-electron chi connectivity index (χ2n) is 5.07. The highest BCUT2D eigenvalue weighted by Gasteiger charge is 2.20. The standard InChI is InChI=1S/C15H22N4O3S.ClH/c1-9-11-14(22-3)18-10(8-21-2)19-15(11)23-12(9)13(20)17-7-5-4-6-16;/h4-8,16H2,1-3H3,(H,17,20);1H. The van der Waals surface area contributed by atoms with Crippen LogP contribution in [0.2, 0.25) is 0 Å². The molecular weight excluding hydrogens is 352 g/mol. The topological polar surface area (TPSA) is 99.4 Å². The summed E-state index contributed by atoms with van der Waals surface area (Å²) in [6.07, 6.45) is 1.76. The number of aryl methyl sites for hydroxylation is 1. The second-order valence-corrected chi connectivity index (χ2v) is 6.07. The first-order chi connectivity index (χ1) is 11.1. The van der Waals surface area contributed by atoms with Gasteiger partial charge in [-0.2, -0.15) is 4.98 Å². The SMILES string of the molecule is COCc1nc(OC)c2c(C)c(C(=O)NCCCCN)sc2n1.Cl. The Kier molecular flexibility index (Phi) is 8.34. The summed E-state index contributed by atoms with van der Waals surface area (Å²) in [5.41, 5.74) is 6.29. The molecule has 0 radical (unpaired) electrons. The molecule has 0 saturated heterocycles. The van der Waals surface area contributed by atoms with Crippen LogP contribution in [0.25, 0.3) is 10.2 Å². The van der Waals surface area contributed by atoms with Gasteiger partial charge >= 0.3 is 0 Å². The number of hydrogen-bond acceptors (Lipinski definition) is 7. The highest BCUT2D eigenvalue weighted by Crippen LogP contribution is 2.34. The van der Waals surface area contributed by atoms with Crippen LogP contribution in [0.3, 0.4) is 0 Å². The van der Waals surface area contributed by atoms with E-state index in [9.17, 15) is 4.79 Å². The normalized spacial score (nSPS) is 10.5. The van der Waals surface area contributed by atoms with Gasteiger partial charge in [0, 0.05) is 13.7 Å². The fourth-order valence-corrected chi connectivity index (χ4v) is 3.36. The Labute approximate surface area is 151 Å². The molecule has 7 nitrogen and oxygen atoms in total. The number of nitrogens with one attached hydrogen (secondary N) is 1. The molecule has 0 atom stereocenters. The minimum Gasteiger partial charge on any atom is -0.480 e. The number of nitrogens with zero attached hydrogens (tertiary/aromatic N) is 2. The summed E-state index contributed by atoms with van der Waals surface area (Å²) in [4.78, 5) is 22.5. The molecule has 0 bridgehead atoms. The van der Waals surface area contributed by atoms with Gasteiger partial charge in [0.2, 0.25) is 5.88 Å². The maximum atomic E-state index is 12.4. The van der Waals surface area contributed by atoms with Crippen LogP contribution in [0, 0.1) is 6.92 Å². The van der Waals surface area contributed by atoms with Crippen molar-refractivity contribution in [2.75, 3.05) is 27.3 Å². The molecule has 9 heteroatoms. The Morgan fingerprint density at radius 2 is 2.04 bits per heavy atom. The zero-order valence-electron chi connectivity index (χ0n) is 14.0. The highest BCUT2D eigenvalue weighted by atomic mass is 35.5. The van der Waals surface area contributed by atoms with E-state index in [0.717, 1.165) is 28.6 Å². The van der Waals surface area contributed by atoms with Crippen molar-refractivity contribution in [3.05, 3.63) is 16.3 Å². The molecule has 2 aromatic heterocycles. The number of hydrogen-bond donors (Lipinski definition) is 2. The number of halogens is 1. The van der Waals surface area contributed by atoms with Crippen LogP contribution in [0.5, 0.6) is 5.88 Å². The highest BCUT2D eigenvalue weighted by molar-refractivity contribution is 7.20. The molecule has 0 spiro atoms. The van der Waals surface area contributed by atoms with Crippen LogP contribution >= 0.6 is 23.7 Å². The Hall–Kier alpha value is -1.48. The third-order valence-corrected chi connectivity index (χ3v) is 4.58. The van der Waals surface area contributed by atoms with Crippen molar-refractivity contribution in [3.63, 3.8) is 0 Å². The fourth-order valence-electron chi connectivity index (χ4n) is 2.25. The summed E-state index contributed by atoms with van der Waals surface area (Å²) < 4.78 is 10.4.